The molecular weight excluding hydrogens is 280 g/mol. The number of halogens is 4. The Morgan fingerprint density at radius 3 is 2.14 bits per heavy atom. The molecule has 116 valence electrons. The van der Waals surface area contributed by atoms with Crippen molar-refractivity contribution in [1.29, 1.82) is 0 Å². The Labute approximate surface area is 123 Å². The van der Waals surface area contributed by atoms with Crippen LogP contribution in [-0.4, -0.2) is 0 Å². The minimum atomic E-state index is -3.21. The van der Waals surface area contributed by atoms with E-state index in [0.29, 0.717) is 19.4 Å². The summed E-state index contributed by atoms with van der Waals surface area (Å²) in [4.78, 5) is 0. The normalized spacial score (nSPS) is 13.4. The Morgan fingerprint density at radius 2 is 1.71 bits per heavy atom. The van der Waals surface area contributed by atoms with E-state index in [1.165, 1.54) is 12.1 Å². The number of hydrogen-bond donors (Lipinski definition) is 0. The third kappa shape index (κ3) is 4.45. The van der Waals surface area contributed by atoms with E-state index in [9.17, 15) is 17.6 Å². The van der Waals surface area contributed by atoms with Gasteiger partial charge in [-0.25, -0.2) is 17.6 Å². The molecule has 0 N–H and O–H groups in total. The van der Waals surface area contributed by atoms with Gasteiger partial charge in [-0.1, -0.05) is 37.3 Å². The van der Waals surface area contributed by atoms with Crippen molar-refractivity contribution in [3.63, 3.8) is 0 Å². The first-order valence-corrected chi connectivity index (χ1v) is 6.74. The van der Waals surface area contributed by atoms with Crippen molar-refractivity contribution in [2.45, 2.75) is 46.0 Å². The van der Waals surface area contributed by atoms with Crippen molar-refractivity contribution in [2.75, 3.05) is 0 Å². The Balaban J connectivity index is 3.44. The molecule has 0 bridgehead atoms. The largest absolute Gasteiger partial charge is 0.271 e. The standard InChI is InChI=1S/C17H20F4/c1-6-11(2)9-12(3)14-8-7-13(16(4,18)19)10-15(14)17(5,20)21/h7-10H,3,6H2,1-2,4-5H3/b11-9+. The van der Waals surface area contributed by atoms with Crippen molar-refractivity contribution >= 4 is 5.57 Å². The van der Waals surface area contributed by atoms with E-state index >= 15 is 0 Å². The van der Waals surface area contributed by atoms with E-state index in [4.69, 9.17) is 0 Å². The van der Waals surface area contributed by atoms with Gasteiger partial charge in [0.2, 0.25) is 0 Å². The lowest BCUT2D eigenvalue weighted by atomic mass is 9.92. The van der Waals surface area contributed by atoms with Crippen LogP contribution in [0.3, 0.4) is 0 Å². The summed E-state index contributed by atoms with van der Waals surface area (Å²) in [5.74, 6) is -6.37. The molecule has 0 radical (unpaired) electrons. The maximum Gasteiger partial charge on any atom is 0.271 e. The summed E-state index contributed by atoms with van der Waals surface area (Å²) in [5.41, 5.74) is 0.730. The summed E-state index contributed by atoms with van der Waals surface area (Å²) in [7, 11) is 0. The highest BCUT2D eigenvalue weighted by atomic mass is 19.3. The van der Waals surface area contributed by atoms with Crippen LogP contribution in [0.1, 0.15) is 50.8 Å². The van der Waals surface area contributed by atoms with Crippen LogP contribution in [-0.2, 0) is 11.8 Å². The minimum absolute atomic E-state index is 0.198. The lowest BCUT2D eigenvalue weighted by molar-refractivity contribution is 0.0104. The maximum absolute atomic E-state index is 13.8. The van der Waals surface area contributed by atoms with Gasteiger partial charge in [-0.2, -0.15) is 0 Å². The first kappa shape index (κ1) is 17.5. The second-order valence-corrected chi connectivity index (χ2v) is 5.41. The van der Waals surface area contributed by atoms with E-state index in [1.807, 2.05) is 13.8 Å². The molecule has 1 rings (SSSR count). The average molecular weight is 300 g/mol. The van der Waals surface area contributed by atoms with Crippen LogP contribution in [0.4, 0.5) is 17.6 Å². The first-order chi connectivity index (χ1) is 9.46. The molecule has 1 aromatic rings. The van der Waals surface area contributed by atoms with Crippen LogP contribution >= 0.6 is 0 Å². The van der Waals surface area contributed by atoms with E-state index in [1.54, 1.807) is 6.08 Å². The molecular formula is C17H20F4. The van der Waals surface area contributed by atoms with Crippen molar-refractivity contribution in [1.82, 2.24) is 0 Å². The Morgan fingerprint density at radius 1 is 1.14 bits per heavy atom. The fraction of sp³-hybridized carbons (Fsp3) is 0.412. The lowest BCUT2D eigenvalue weighted by Gasteiger charge is -2.20. The molecule has 0 aliphatic rings. The average Bonchev–Trinajstić information content (AvgIpc) is 2.35. The number of alkyl halides is 4. The fourth-order valence-electron chi connectivity index (χ4n) is 1.94. The van der Waals surface area contributed by atoms with E-state index < -0.39 is 23.0 Å². The third-order valence-corrected chi connectivity index (χ3v) is 3.32. The zero-order chi connectivity index (χ0) is 16.4. The predicted molar refractivity (Wildman–Crippen MR) is 78.7 cm³/mol. The van der Waals surface area contributed by atoms with E-state index in [-0.39, 0.29) is 5.56 Å². The fourth-order valence-corrected chi connectivity index (χ4v) is 1.94. The van der Waals surface area contributed by atoms with Gasteiger partial charge in [-0.15, -0.1) is 0 Å². The van der Waals surface area contributed by atoms with Crippen LogP contribution in [0.15, 0.2) is 36.4 Å². The van der Waals surface area contributed by atoms with E-state index in [0.717, 1.165) is 18.1 Å². The highest BCUT2D eigenvalue weighted by Gasteiger charge is 2.32. The Kier molecular flexibility index (Phi) is 5.03. The molecule has 0 spiro atoms. The summed E-state index contributed by atoms with van der Waals surface area (Å²) in [6.07, 6.45) is 2.47. The first-order valence-electron chi connectivity index (χ1n) is 6.74. The smallest absolute Gasteiger partial charge is 0.202 e. The van der Waals surface area contributed by atoms with Crippen LogP contribution in [0, 0.1) is 0 Å². The molecule has 0 unspecified atom stereocenters. The molecule has 0 fully saturated rings. The highest BCUT2D eigenvalue weighted by Crippen LogP contribution is 2.37. The molecule has 0 saturated heterocycles. The Hall–Kier alpha value is -1.58. The quantitative estimate of drug-likeness (QED) is 0.443. The number of benzene rings is 1. The predicted octanol–water partition coefficient (Wildman–Crippen LogP) is 6.28. The second-order valence-electron chi connectivity index (χ2n) is 5.41. The second kappa shape index (κ2) is 6.04. The van der Waals surface area contributed by atoms with Gasteiger partial charge >= 0.3 is 0 Å². The lowest BCUT2D eigenvalue weighted by Crippen LogP contribution is -2.14. The SMILES string of the molecule is C=C(/C=C(\C)CC)c1ccc(C(C)(F)F)cc1C(C)(F)F. The number of rotatable bonds is 5. The van der Waals surface area contributed by atoms with Gasteiger partial charge in [-0.05, 0) is 30.5 Å². The van der Waals surface area contributed by atoms with Gasteiger partial charge in [0.1, 0.15) is 0 Å². The maximum atomic E-state index is 13.8. The molecule has 21 heavy (non-hydrogen) atoms. The van der Waals surface area contributed by atoms with Crippen LogP contribution in [0.25, 0.3) is 5.57 Å². The molecule has 0 aliphatic heterocycles. The molecule has 0 nitrogen and oxygen atoms in total. The van der Waals surface area contributed by atoms with Gasteiger partial charge in [-0.3, -0.25) is 0 Å². The minimum Gasteiger partial charge on any atom is -0.202 e. The topological polar surface area (TPSA) is 0 Å². The molecule has 0 heterocycles. The third-order valence-electron chi connectivity index (χ3n) is 3.32. The van der Waals surface area contributed by atoms with Gasteiger partial charge < -0.3 is 0 Å². The Bertz CT molecular complexity index is 557. The van der Waals surface area contributed by atoms with Crippen molar-refractivity contribution < 1.29 is 17.6 Å². The summed E-state index contributed by atoms with van der Waals surface area (Å²) in [6, 6.07) is 3.34. The molecule has 0 aromatic heterocycles. The zero-order valence-electron chi connectivity index (χ0n) is 12.7. The summed E-state index contributed by atoms with van der Waals surface area (Å²) < 4.78 is 54.2. The van der Waals surface area contributed by atoms with Crippen molar-refractivity contribution in [2.24, 2.45) is 0 Å². The van der Waals surface area contributed by atoms with E-state index in [2.05, 4.69) is 6.58 Å². The van der Waals surface area contributed by atoms with Crippen LogP contribution in [0.5, 0.6) is 0 Å². The van der Waals surface area contributed by atoms with Gasteiger partial charge in [0, 0.05) is 25.0 Å². The zero-order valence-corrected chi connectivity index (χ0v) is 12.7. The molecule has 4 heteroatoms. The monoisotopic (exact) mass is 300 g/mol. The molecule has 1 aromatic carbocycles. The molecule has 0 aliphatic carbocycles. The van der Waals surface area contributed by atoms with Gasteiger partial charge in [0.05, 0.1) is 0 Å². The van der Waals surface area contributed by atoms with Crippen molar-refractivity contribution in [3.8, 4) is 0 Å². The summed E-state index contributed by atoms with van der Waals surface area (Å²) in [5, 5.41) is 0. The molecule has 0 atom stereocenters. The number of allylic oxidation sites excluding steroid dienone is 3. The molecule has 0 amide bonds. The van der Waals surface area contributed by atoms with Gasteiger partial charge in [0.15, 0.2) is 0 Å². The van der Waals surface area contributed by atoms with Crippen molar-refractivity contribution in [3.05, 3.63) is 53.1 Å². The van der Waals surface area contributed by atoms with Crippen LogP contribution < -0.4 is 0 Å². The molecule has 0 saturated carbocycles. The van der Waals surface area contributed by atoms with Crippen LogP contribution in [0.2, 0.25) is 0 Å². The highest BCUT2D eigenvalue weighted by molar-refractivity contribution is 5.75. The summed E-state index contributed by atoms with van der Waals surface area (Å²) >= 11 is 0. The number of hydrogen-bond acceptors (Lipinski definition) is 0. The summed E-state index contributed by atoms with van der Waals surface area (Å²) in [6.45, 7) is 8.98. The van der Waals surface area contributed by atoms with Gasteiger partial charge in [0.25, 0.3) is 11.8 Å².